The van der Waals surface area contributed by atoms with E-state index in [1.165, 1.54) is 16.2 Å². The molecule has 2 amide bonds. The van der Waals surface area contributed by atoms with E-state index in [1.807, 2.05) is 24.3 Å². The van der Waals surface area contributed by atoms with Crippen LogP contribution in [0.4, 0.5) is 5.69 Å². The molecule has 2 aromatic carbocycles. The van der Waals surface area contributed by atoms with Crippen LogP contribution in [0.3, 0.4) is 0 Å². The highest BCUT2D eigenvalue weighted by atomic mass is 35.5. The van der Waals surface area contributed by atoms with Gasteiger partial charge in [-0.3, -0.25) is 9.59 Å². The number of rotatable bonds is 5. The Hall–Kier alpha value is -2.57. The van der Waals surface area contributed by atoms with Crippen molar-refractivity contribution in [2.24, 2.45) is 0 Å². The predicted octanol–water partition coefficient (Wildman–Crippen LogP) is 4.27. The zero-order chi connectivity index (χ0) is 18.7. The number of methoxy groups -OCH3 is 1. The summed E-state index contributed by atoms with van der Waals surface area (Å²) in [6.45, 7) is -0.0740. The molecule has 0 bridgehead atoms. The average Bonchev–Trinajstić information content (AvgIpc) is 2.98. The number of carbonyl (C=O) groups excluding carboxylic acids is 2. The van der Waals surface area contributed by atoms with E-state index in [9.17, 15) is 9.59 Å². The second-order valence-corrected chi connectivity index (χ2v) is 7.11. The first-order chi connectivity index (χ1) is 12.5. The minimum Gasteiger partial charge on any atom is -0.497 e. The smallest absolute Gasteiger partial charge is 0.265 e. The zero-order valence-electron chi connectivity index (χ0n) is 14.3. The van der Waals surface area contributed by atoms with Gasteiger partial charge in [0.05, 0.1) is 18.7 Å². The van der Waals surface area contributed by atoms with Gasteiger partial charge in [-0.15, -0.1) is 11.3 Å². The summed E-state index contributed by atoms with van der Waals surface area (Å²) in [6, 6.07) is 14.5. The maximum Gasteiger partial charge on any atom is 0.265 e. The number of amides is 2. The second-order valence-electron chi connectivity index (χ2n) is 5.68. The standard InChI is InChI=1S/C19H17ClN2O3S/c1-22(11-16(23)21-12-7-9-13(25-2)10-8-12)19(24)18-17(20)14-5-3-4-6-15(14)26-18/h3-10H,11H2,1-2H3,(H,21,23). The number of fused-ring (bicyclic) bond motifs is 1. The van der Waals surface area contributed by atoms with Gasteiger partial charge in [-0.2, -0.15) is 0 Å². The topological polar surface area (TPSA) is 58.6 Å². The molecule has 134 valence electrons. The highest BCUT2D eigenvalue weighted by molar-refractivity contribution is 7.21. The number of ether oxygens (including phenoxy) is 1. The predicted molar refractivity (Wildman–Crippen MR) is 105 cm³/mol. The van der Waals surface area contributed by atoms with Crippen molar-refractivity contribution < 1.29 is 14.3 Å². The van der Waals surface area contributed by atoms with E-state index in [2.05, 4.69) is 5.32 Å². The molecule has 26 heavy (non-hydrogen) atoms. The van der Waals surface area contributed by atoms with Gasteiger partial charge in [0.25, 0.3) is 5.91 Å². The van der Waals surface area contributed by atoms with Crippen LogP contribution in [0, 0.1) is 0 Å². The highest BCUT2D eigenvalue weighted by Gasteiger charge is 2.21. The Balaban J connectivity index is 1.67. The van der Waals surface area contributed by atoms with Crippen molar-refractivity contribution >= 4 is 50.5 Å². The first kappa shape index (κ1) is 18.2. The lowest BCUT2D eigenvalue weighted by atomic mass is 10.2. The van der Waals surface area contributed by atoms with Crippen molar-refractivity contribution in [1.82, 2.24) is 4.90 Å². The Bertz CT molecular complexity index is 953. The fraction of sp³-hybridized carbons (Fsp3) is 0.158. The van der Waals surface area contributed by atoms with Crippen molar-refractivity contribution in [2.75, 3.05) is 26.0 Å². The Kier molecular flexibility index (Phi) is 5.44. The van der Waals surface area contributed by atoms with Crippen LogP contribution in [-0.4, -0.2) is 37.4 Å². The number of likely N-dealkylation sites (N-methyl/N-ethyl adjacent to an activating group) is 1. The van der Waals surface area contributed by atoms with Gasteiger partial charge < -0.3 is 15.0 Å². The summed E-state index contributed by atoms with van der Waals surface area (Å²) in [6.07, 6.45) is 0. The van der Waals surface area contributed by atoms with Crippen LogP contribution in [0.25, 0.3) is 10.1 Å². The molecule has 0 aliphatic rings. The fourth-order valence-electron chi connectivity index (χ4n) is 2.49. The van der Waals surface area contributed by atoms with Crippen LogP contribution >= 0.6 is 22.9 Å². The number of thiophene rings is 1. The summed E-state index contributed by atoms with van der Waals surface area (Å²) in [4.78, 5) is 26.7. The molecule has 0 aliphatic heterocycles. The quantitative estimate of drug-likeness (QED) is 0.709. The van der Waals surface area contributed by atoms with Crippen molar-refractivity contribution in [3.05, 3.63) is 58.4 Å². The second kappa shape index (κ2) is 7.76. The van der Waals surface area contributed by atoms with Crippen LogP contribution in [0.15, 0.2) is 48.5 Å². The van der Waals surface area contributed by atoms with Crippen molar-refractivity contribution in [2.45, 2.75) is 0 Å². The molecule has 0 unspecified atom stereocenters. The van der Waals surface area contributed by atoms with Crippen LogP contribution in [0.5, 0.6) is 5.75 Å². The van der Waals surface area contributed by atoms with E-state index in [-0.39, 0.29) is 18.4 Å². The Morgan fingerprint density at radius 2 is 1.85 bits per heavy atom. The normalized spacial score (nSPS) is 10.6. The summed E-state index contributed by atoms with van der Waals surface area (Å²) in [5.41, 5.74) is 0.636. The molecule has 0 aliphatic carbocycles. The van der Waals surface area contributed by atoms with Gasteiger partial charge in [-0.25, -0.2) is 0 Å². The molecular formula is C19H17ClN2O3S. The maximum absolute atomic E-state index is 12.7. The van der Waals surface area contributed by atoms with Crippen LogP contribution in [-0.2, 0) is 4.79 Å². The monoisotopic (exact) mass is 388 g/mol. The third-order valence-electron chi connectivity index (χ3n) is 3.83. The molecule has 3 aromatic rings. The number of hydrogen-bond acceptors (Lipinski definition) is 4. The third kappa shape index (κ3) is 3.81. The van der Waals surface area contributed by atoms with Gasteiger partial charge in [0.15, 0.2) is 0 Å². The van der Waals surface area contributed by atoms with Crippen LogP contribution in [0.1, 0.15) is 9.67 Å². The van der Waals surface area contributed by atoms with Crippen LogP contribution in [0.2, 0.25) is 5.02 Å². The lowest BCUT2D eigenvalue weighted by molar-refractivity contribution is -0.116. The zero-order valence-corrected chi connectivity index (χ0v) is 15.9. The molecule has 0 spiro atoms. The summed E-state index contributed by atoms with van der Waals surface area (Å²) in [5, 5.41) is 4.03. The van der Waals surface area contributed by atoms with E-state index in [0.717, 1.165) is 10.1 Å². The molecule has 0 atom stereocenters. The molecular weight excluding hydrogens is 372 g/mol. The Labute approximate surface area is 160 Å². The molecule has 7 heteroatoms. The number of hydrogen-bond donors (Lipinski definition) is 1. The van der Waals surface area contributed by atoms with Gasteiger partial charge in [0, 0.05) is 22.8 Å². The van der Waals surface area contributed by atoms with Crippen molar-refractivity contribution in [1.29, 1.82) is 0 Å². The molecule has 0 saturated heterocycles. The van der Waals surface area contributed by atoms with Crippen molar-refractivity contribution in [3.8, 4) is 5.75 Å². The summed E-state index contributed by atoms with van der Waals surface area (Å²) >= 11 is 7.67. The molecule has 5 nitrogen and oxygen atoms in total. The lowest BCUT2D eigenvalue weighted by Crippen LogP contribution is -2.34. The SMILES string of the molecule is COc1ccc(NC(=O)CN(C)C(=O)c2sc3ccccc3c2Cl)cc1. The number of halogens is 1. The van der Waals surface area contributed by atoms with Gasteiger partial charge >= 0.3 is 0 Å². The molecule has 1 heterocycles. The van der Waals surface area contributed by atoms with E-state index >= 15 is 0 Å². The Morgan fingerprint density at radius 1 is 1.15 bits per heavy atom. The Morgan fingerprint density at radius 3 is 2.50 bits per heavy atom. The average molecular weight is 389 g/mol. The van der Waals surface area contributed by atoms with Crippen molar-refractivity contribution in [3.63, 3.8) is 0 Å². The van der Waals surface area contributed by atoms with E-state index in [0.29, 0.717) is 21.3 Å². The molecule has 1 N–H and O–H groups in total. The minimum atomic E-state index is -0.289. The number of anilines is 1. The van der Waals surface area contributed by atoms with Gasteiger partial charge in [0.1, 0.15) is 10.6 Å². The number of benzene rings is 2. The molecule has 0 saturated carbocycles. The first-order valence-electron chi connectivity index (χ1n) is 7.86. The molecule has 3 rings (SSSR count). The van der Waals surface area contributed by atoms with Gasteiger partial charge in [-0.1, -0.05) is 29.8 Å². The maximum atomic E-state index is 12.7. The minimum absolute atomic E-state index is 0.0740. The van der Waals surface area contributed by atoms with Gasteiger partial charge in [0.2, 0.25) is 5.91 Å². The summed E-state index contributed by atoms with van der Waals surface area (Å²) in [7, 11) is 3.16. The molecule has 0 fully saturated rings. The van der Waals surface area contributed by atoms with Crippen LogP contribution < -0.4 is 10.1 Å². The number of nitrogens with one attached hydrogen (secondary N) is 1. The first-order valence-corrected chi connectivity index (χ1v) is 9.05. The molecule has 1 aromatic heterocycles. The largest absolute Gasteiger partial charge is 0.497 e. The van der Waals surface area contributed by atoms with Gasteiger partial charge in [-0.05, 0) is 30.3 Å². The number of nitrogens with zero attached hydrogens (tertiary/aromatic N) is 1. The van der Waals surface area contributed by atoms with E-state index in [4.69, 9.17) is 16.3 Å². The highest BCUT2D eigenvalue weighted by Crippen LogP contribution is 2.35. The number of carbonyl (C=O) groups is 2. The fourth-order valence-corrected chi connectivity index (χ4v) is 3.99. The summed E-state index contributed by atoms with van der Waals surface area (Å²) in [5.74, 6) is 0.138. The summed E-state index contributed by atoms with van der Waals surface area (Å²) < 4.78 is 6.02. The van der Waals surface area contributed by atoms with E-state index < -0.39 is 0 Å². The lowest BCUT2D eigenvalue weighted by Gasteiger charge is -2.16. The third-order valence-corrected chi connectivity index (χ3v) is 5.49. The van der Waals surface area contributed by atoms with E-state index in [1.54, 1.807) is 38.4 Å². The molecule has 0 radical (unpaired) electrons.